The fourth-order valence-electron chi connectivity index (χ4n) is 4.19. The van der Waals surface area contributed by atoms with Crippen LogP contribution < -0.4 is 4.74 Å². The van der Waals surface area contributed by atoms with Gasteiger partial charge in [0, 0.05) is 42.1 Å². The first kappa shape index (κ1) is 17.9. The van der Waals surface area contributed by atoms with Gasteiger partial charge in [-0.15, -0.1) is 0 Å². The summed E-state index contributed by atoms with van der Waals surface area (Å²) in [6.07, 6.45) is 5.56. The third-order valence-corrected chi connectivity index (χ3v) is 5.78. The molecule has 0 bridgehead atoms. The molecule has 6 heteroatoms. The largest absolute Gasteiger partial charge is 0.490 e. The molecule has 0 saturated carbocycles. The van der Waals surface area contributed by atoms with Crippen LogP contribution in [0.5, 0.6) is 5.75 Å². The molecular weight excluding hydrogens is 364 g/mol. The van der Waals surface area contributed by atoms with Gasteiger partial charge in [-0.25, -0.2) is 4.98 Å². The first-order valence-electron chi connectivity index (χ1n) is 10.1. The second kappa shape index (κ2) is 7.34. The Morgan fingerprint density at radius 3 is 2.86 bits per heavy atom. The number of hydrogen-bond acceptors (Lipinski definition) is 5. The normalized spacial score (nSPS) is 15.6. The summed E-state index contributed by atoms with van der Waals surface area (Å²) in [5.74, 6) is 0.998. The molecule has 2 aromatic heterocycles. The van der Waals surface area contributed by atoms with Crippen LogP contribution in [0.3, 0.4) is 0 Å². The highest BCUT2D eigenvalue weighted by Crippen LogP contribution is 2.43. The van der Waals surface area contributed by atoms with Crippen LogP contribution in [0.4, 0.5) is 0 Å². The smallest absolute Gasteiger partial charge is 0.140 e. The fraction of sp³-hybridized carbons (Fsp3) is 0.348. The average molecular weight is 386 g/mol. The minimum atomic E-state index is 0.230. The van der Waals surface area contributed by atoms with E-state index in [1.54, 1.807) is 12.3 Å². The summed E-state index contributed by atoms with van der Waals surface area (Å²) < 4.78 is 11.8. The molecule has 0 unspecified atom stereocenters. The van der Waals surface area contributed by atoms with Crippen LogP contribution in [0.25, 0.3) is 22.5 Å². The van der Waals surface area contributed by atoms with E-state index in [0.29, 0.717) is 5.69 Å². The number of H-pyrrole nitrogens is 1. The van der Waals surface area contributed by atoms with Gasteiger partial charge in [0.2, 0.25) is 0 Å². The number of nitrogens with one attached hydrogen (secondary N) is 1. The molecule has 0 radical (unpaired) electrons. The van der Waals surface area contributed by atoms with Crippen molar-refractivity contribution in [2.45, 2.75) is 38.7 Å². The number of pyridine rings is 1. The van der Waals surface area contributed by atoms with Crippen LogP contribution in [-0.4, -0.2) is 34.5 Å². The molecule has 0 amide bonds. The van der Waals surface area contributed by atoms with Gasteiger partial charge in [-0.2, -0.15) is 10.4 Å². The van der Waals surface area contributed by atoms with E-state index in [0.717, 1.165) is 61.6 Å². The van der Waals surface area contributed by atoms with E-state index in [9.17, 15) is 0 Å². The van der Waals surface area contributed by atoms with E-state index in [1.807, 2.05) is 6.07 Å². The van der Waals surface area contributed by atoms with Crippen molar-refractivity contribution < 1.29 is 9.47 Å². The topological polar surface area (TPSA) is 83.8 Å². The molecule has 0 atom stereocenters. The fourth-order valence-corrected chi connectivity index (χ4v) is 4.19. The summed E-state index contributed by atoms with van der Waals surface area (Å²) in [7, 11) is 0. The van der Waals surface area contributed by atoms with E-state index in [4.69, 9.17) is 14.7 Å². The number of ether oxygens (including phenoxy) is 2. The van der Waals surface area contributed by atoms with E-state index in [1.165, 1.54) is 22.3 Å². The summed E-state index contributed by atoms with van der Waals surface area (Å²) >= 11 is 0. The van der Waals surface area contributed by atoms with Crippen molar-refractivity contribution in [3.05, 3.63) is 52.8 Å². The monoisotopic (exact) mass is 386 g/mol. The Hall–Kier alpha value is -3.17. The number of rotatable bonds is 4. The third-order valence-electron chi connectivity index (χ3n) is 5.78. The minimum absolute atomic E-state index is 0.230. The molecule has 1 N–H and O–H groups in total. The van der Waals surface area contributed by atoms with Gasteiger partial charge in [-0.1, -0.05) is 6.92 Å². The number of fused-ring (bicyclic) bond motifs is 3. The predicted octanol–water partition coefficient (Wildman–Crippen LogP) is 4.03. The van der Waals surface area contributed by atoms with Gasteiger partial charge in [0.25, 0.3) is 0 Å². The molecule has 1 aliphatic carbocycles. The lowest BCUT2D eigenvalue weighted by atomic mass is 10.0. The van der Waals surface area contributed by atoms with Crippen LogP contribution in [0.2, 0.25) is 0 Å². The summed E-state index contributed by atoms with van der Waals surface area (Å²) in [6.45, 7) is 3.71. The molecule has 3 aromatic rings. The highest BCUT2D eigenvalue weighted by atomic mass is 16.5. The van der Waals surface area contributed by atoms with Gasteiger partial charge in [-0.3, -0.25) is 5.10 Å². The molecule has 29 heavy (non-hydrogen) atoms. The highest BCUT2D eigenvalue weighted by molar-refractivity contribution is 5.82. The Kier molecular flexibility index (Phi) is 4.53. The number of aryl methyl sites for hydroxylation is 1. The lowest BCUT2D eigenvalue weighted by molar-refractivity contribution is 0.0252. The highest BCUT2D eigenvalue weighted by Gasteiger charge is 2.27. The van der Waals surface area contributed by atoms with Crippen molar-refractivity contribution in [2.24, 2.45) is 0 Å². The molecule has 3 heterocycles. The molecule has 1 aromatic carbocycles. The molecule has 6 nitrogen and oxygen atoms in total. The molecule has 0 spiro atoms. The van der Waals surface area contributed by atoms with Gasteiger partial charge < -0.3 is 9.47 Å². The number of nitriles is 1. The first-order valence-corrected chi connectivity index (χ1v) is 10.1. The van der Waals surface area contributed by atoms with Gasteiger partial charge in [-0.05, 0) is 41.8 Å². The number of aromatic amines is 1. The zero-order valence-electron chi connectivity index (χ0n) is 16.4. The molecule has 146 valence electrons. The van der Waals surface area contributed by atoms with Crippen molar-refractivity contribution in [2.75, 3.05) is 13.2 Å². The zero-order chi connectivity index (χ0) is 19.8. The first-order chi connectivity index (χ1) is 14.3. The number of nitrogens with zero attached hydrogens (tertiary/aromatic N) is 3. The average Bonchev–Trinajstić information content (AvgIpc) is 3.33. The van der Waals surface area contributed by atoms with E-state index in [2.05, 4.69) is 40.3 Å². The predicted molar refractivity (Wildman–Crippen MR) is 109 cm³/mol. The standard InChI is InChI=1S/C23H22N4O2/c1-2-14-9-19-16(11-21(14)29-18-5-7-28-8-6-18)10-20-22(26-27-23(19)20)15-3-4-17(12-24)25-13-15/h3-4,9,11,13,18H,2,5-8,10H2,1H3,(H,26,27). The van der Waals surface area contributed by atoms with E-state index >= 15 is 0 Å². The van der Waals surface area contributed by atoms with Crippen LogP contribution in [-0.2, 0) is 17.6 Å². The van der Waals surface area contributed by atoms with Crippen molar-refractivity contribution in [3.63, 3.8) is 0 Å². The summed E-state index contributed by atoms with van der Waals surface area (Å²) in [6, 6.07) is 10.1. The molecule has 2 aliphatic rings. The molecule has 1 fully saturated rings. The Balaban J connectivity index is 1.48. The summed E-state index contributed by atoms with van der Waals surface area (Å²) in [5.41, 5.74) is 8.17. The minimum Gasteiger partial charge on any atom is -0.490 e. The molecule has 1 aliphatic heterocycles. The second-order valence-electron chi connectivity index (χ2n) is 7.55. The van der Waals surface area contributed by atoms with Crippen LogP contribution >= 0.6 is 0 Å². The van der Waals surface area contributed by atoms with Gasteiger partial charge >= 0.3 is 0 Å². The van der Waals surface area contributed by atoms with Crippen molar-refractivity contribution in [3.8, 4) is 34.3 Å². The third kappa shape index (κ3) is 3.18. The van der Waals surface area contributed by atoms with E-state index in [-0.39, 0.29) is 6.10 Å². The summed E-state index contributed by atoms with van der Waals surface area (Å²) in [4.78, 5) is 4.19. The lowest BCUT2D eigenvalue weighted by Crippen LogP contribution is -2.26. The van der Waals surface area contributed by atoms with Crippen molar-refractivity contribution in [1.82, 2.24) is 15.2 Å². The maximum atomic E-state index is 8.97. The number of hydrogen-bond donors (Lipinski definition) is 1. The lowest BCUT2D eigenvalue weighted by Gasteiger charge is -2.25. The quantitative estimate of drug-likeness (QED) is 0.572. The number of aromatic nitrogens is 3. The number of benzene rings is 1. The van der Waals surface area contributed by atoms with E-state index < -0.39 is 0 Å². The Bertz CT molecular complexity index is 1090. The SMILES string of the molecule is CCc1cc2c(cc1OC1CCOCC1)Cc1c(-c3ccc(C#N)nc3)n[nH]c1-2. The van der Waals surface area contributed by atoms with Crippen LogP contribution in [0.15, 0.2) is 30.5 Å². The van der Waals surface area contributed by atoms with Crippen molar-refractivity contribution >= 4 is 0 Å². The zero-order valence-corrected chi connectivity index (χ0v) is 16.4. The molecular formula is C23H22N4O2. The molecule has 1 saturated heterocycles. The van der Waals surface area contributed by atoms with Crippen LogP contribution in [0.1, 0.15) is 42.1 Å². The Morgan fingerprint density at radius 2 is 2.14 bits per heavy atom. The Morgan fingerprint density at radius 1 is 1.28 bits per heavy atom. The Labute approximate surface area is 169 Å². The van der Waals surface area contributed by atoms with Gasteiger partial charge in [0.05, 0.1) is 24.6 Å². The summed E-state index contributed by atoms with van der Waals surface area (Å²) in [5, 5.41) is 16.7. The van der Waals surface area contributed by atoms with Crippen molar-refractivity contribution in [1.29, 1.82) is 5.26 Å². The van der Waals surface area contributed by atoms with Crippen LogP contribution in [0, 0.1) is 11.3 Å². The van der Waals surface area contributed by atoms with Gasteiger partial charge in [0.1, 0.15) is 23.6 Å². The molecule has 5 rings (SSSR count). The second-order valence-corrected chi connectivity index (χ2v) is 7.55. The van der Waals surface area contributed by atoms with Gasteiger partial charge in [0.15, 0.2) is 0 Å². The maximum Gasteiger partial charge on any atom is 0.140 e. The maximum absolute atomic E-state index is 8.97.